The molecule has 0 bridgehead atoms. The molecule has 4 aromatic rings. The van der Waals surface area contributed by atoms with Crippen LogP contribution < -0.4 is 15.6 Å². The first-order chi connectivity index (χ1) is 15.2. The van der Waals surface area contributed by atoms with E-state index in [1.54, 1.807) is 6.07 Å². The predicted molar refractivity (Wildman–Crippen MR) is 125 cm³/mol. The van der Waals surface area contributed by atoms with Gasteiger partial charge in [-0.2, -0.15) is 0 Å². The highest BCUT2D eigenvalue weighted by molar-refractivity contribution is 5.84. The SMILES string of the molecule is Cc1nc2c(cc1N1CCOCC1)c(=O)cc(Nc1ccccc1)n2-c1ccccc1. The number of aryl methyl sites for hydroxylation is 1. The molecule has 1 N–H and O–H groups in total. The Labute approximate surface area is 180 Å². The van der Waals surface area contributed by atoms with Crippen LogP contribution in [0.2, 0.25) is 0 Å². The molecule has 156 valence electrons. The fourth-order valence-corrected chi connectivity index (χ4v) is 4.04. The van der Waals surface area contributed by atoms with Crippen LogP contribution in [0.4, 0.5) is 17.2 Å². The molecular formula is C25H24N4O2. The quantitative estimate of drug-likeness (QED) is 0.542. The van der Waals surface area contributed by atoms with E-state index in [0.717, 1.165) is 35.8 Å². The molecule has 5 rings (SSSR count). The molecule has 2 aromatic carbocycles. The van der Waals surface area contributed by atoms with E-state index in [-0.39, 0.29) is 5.43 Å². The molecule has 0 saturated carbocycles. The van der Waals surface area contributed by atoms with E-state index in [4.69, 9.17) is 9.72 Å². The Bertz CT molecular complexity index is 1260. The summed E-state index contributed by atoms with van der Waals surface area (Å²) in [5.41, 5.74) is 4.34. The van der Waals surface area contributed by atoms with Gasteiger partial charge in [-0.05, 0) is 37.3 Å². The largest absolute Gasteiger partial charge is 0.378 e. The lowest BCUT2D eigenvalue weighted by atomic mass is 10.1. The Morgan fingerprint density at radius 1 is 0.935 bits per heavy atom. The zero-order valence-corrected chi connectivity index (χ0v) is 17.4. The Balaban J connectivity index is 1.73. The number of hydrogen-bond donors (Lipinski definition) is 1. The van der Waals surface area contributed by atoms with Crippen LogP contribution in [0, 0.1) is 6.92 Å². The summed E-state index contributed by atoms with van der Waals surface area (Å²) in [6.45, 7) is 4.97. The fourth-order valence-electron chi connectivity index (χ4n) is 4.04. The van der Waals surface area contributed by atoms with Crippen LogP contribution in [0.3, 0.4) is 0 Å². The van der Waals surface area contributed by atoms with Crippen LogP contribution in [0.5, 0.6) is 0 Å². The molecule has 6 heteroatoms. The fraction of sp³-hybridized carbons (Fsp3) is 0.200. The van der Waals surface area contributed by atoms with Crippen LogP contribution in [0.15, 0.2) is 77.6 Å². The second-order valence-corrected chi connectivity index (χ2v) is 7.62. The molecule has 0 unspecified atom stereocenters. The van der Waals surface area contributed by atoms with E-state index in [1.807, 2.05) is 78.2 Å². The van der Waals surface area contributed by atoms with E-state index in [1.165, 1.54) is 0 Å². The molecule has 1 fully saturated rings. The van der Waals surface area contributed by atoms with Gasteiger partial charge in [-0.15, -0.1) is 0 Å². The predicted octanol–water partition coefficient (Wildman–Crippen LogP) is 4.27. The number of nitrogens with one attached hydrogen (secondary N) is 1. The average molecular weight is 412 g/mol. The Kier molecular flexibility index (Phi) is 5.14. The molecule has 0 radical (unpaired) electrons. The third-order valence-corrected chi connectivity index (χ3v) is 5.56. The number of rotatable bonds is 4. The molecule has 0 atom stereocenters. The van der Waals surface area contributed by atoms with Crippen LogP contribution >= 0.6 is 0 Å². The first-order valence-corrected chi connectivity index (χ1v) is 10.5. The normalized spacial score (nSPS) is 14.0. The molecule has 3 heterocycles. The van der Waals surface area contributed by atoms with E-state index >= 15 is 0 Å². The lowest BCUT2D eigenvalue weighted by molar-refractivity contribution is 0.122. The minimum Gasteiger partial charge on any atom is -0.378 e. The van der Waals surface area contributed by atoms with E-state index < -0.39 is 0 Å². The van der Waals surface area contributed by atoms with E-state index in [9.17, 15) is 4.79 Å². The van der Waals surface area contributed by atoms with Crippen molar-refractivity contribution < 1.29 is 4.74 Å². The summed E-state index contributed by atoms with van der Waals surface area (Å²) in [7, 11) is 0. The van der Waals surface area contributed by atoms with Crippen molar-refractivity contribution in [2.75, 3.05) is 36.5 Å². The summed E-state index contributed by atoms with van der Waals surface area (Å²) >= 11 is 0. The highest BCUT2D eigenvalue weighted by atomic mass is 16.5. The van der Waals surface area contributed by atoms with E-state index in [0.29, 0.717) is 30.1 Å². The van der Waals surface area contributed by atoms with Crippen molar-refractivity contribution in [3.8, 4) is 5.69 Å². The van der Waals surface area contributed by atoms with Gasteiger partial charge < -0.3 is 15.0 Å². The lowest BCUT2D eigenvalue weighted by Gasteiger charge is -2.30. The molecule has 0 aliphatic carbocycles. The summed E-state index contributed by atoms with van der Waals surface area (Å²) in [5, 5.41) is 4.00. The summed E-state index contributed by atoms with van der Waals surface area (Å²) < 4.78 is 7.50. The van der Waals surface area contributed by atoms with Crippen LogP contribution in [0.25, 0.3) is 16.7 Å². The molecule has 1 aliphatic rings. The number of aromatic nitrogens is 2. The van der Waals surface area contributed by atoms with Gasteiger partial charge in [0.25, 0.3) is 0 Å². The van der Waals surface area contributed by atoms with Gasteiger partial charge >= 0.3 is 0 Å². The Morgan fingerprint density at radius 2 is 1.61 bits per heavy atom. The van der Waals surface area contributed by atoms with Crippen molar-refractivity contribution in [2.24, 2.45) is 0 Å². The zero-order valence-electron chi connectivity index (χ0n) is 17.4. The van der Waals surface area contributed by atoms with Gasteiger partial charge in [-0.3, -0.25) is 9.36 Å². The first-order valence-electron chi connectivity index (χ1n) is 10.5. The van der Waals surface area contributed by atoms with Gasteiger partial charge in [0.1, 0.15) is 11.5 Å². The molecule has 1 saturated heterocycles. The molecule has 6 nitrogen and oxygen atoms in total. The van der Waals surface area contributed by atoms with Crippen molar-refractivity contribution in [1.29, 1.82) is 0 Å². The van der Waals surface area contributed by atoms with Gasteiger partial charge in [0.2, 0.25) is 0 Å². The minimum absolute atomic E-state index is 0.0531. The minimum atomic E-state index is -0.0531. The number of benzene rings is 2. The van der Waals surface area contributed by atoms with Gasteiger partial charge in [0.15, 0.2) is 5.43 Å². The van der Waals surface area contributed by atoms with Gasteiger partial charge in [-0.25, -0.2) is 4.98 Å². The highest BCUT2D eigenvalue weighted by Gasteiger charge is 2.19. The molecule has 1 aliphatic heterocycles. The number of para-hydroxylation sites is 2. The number of hydrogen-bond acceptors (Lipinski definition) is 5. The number of morpholine rings is 1. The summed E-state index contributed by atoms with van der Waals surface area (Å²) in [5.74, 6) is 0.681. The topological polar surface area (TPSA) is 59.4 Å². The number of ether oxygens (including phenoxy) is 1. The standard InChI is InChI=1S/C25H24N4O2/c1-18-22(28-12-14-31-15-13-28)16-21-23(30)17-24(27-19-8-4-2-5-9-19)29(25(21)26-18)20-10-6-3-7-11-20/h2-11,16-17,27H,12-15H2,1H3. The molecule has 2 aromatic heterocycles. The number of nitrogens with zero attached hydrogens (tertiary/aromatic N) is 3. The maximum Gasteiger partial charge on any atom is 0.193 e. The summed E-state index contributed by atoms with van der Waals surface area (Å²) in [6.07, 6.45) is 0. The Hall–Kier alpha value is -3.64. The van der Waals surface area contributed by atoms with Crippen molar-refractivity contribution in [2.45, 2.75) is 6.92 Å². The van der Waals surface area contributed by atoms with Crippen LogP contribution in [-0.4, -0.2) is 35.9 Å². The second-order valence-electron chi connectivity index (χ2n) is 7.62. The van der Waals surface area contributed by atoms with Crippen molar-refractivity contribution in [3.63, 3.8) is 0 Å². The molecule has 0 amide bonds. The molecular weight excluding hydrogens is 388 g/mol. The zero-order chi connectivity index (χ0) is 21.2. The monoisotopic (exact) mass is 412 g/mol. The molecule has 31 heavy (non-hydrogen) atoms. The van der Waals surface area contributed by atoms with Gasteiger partial charge in [0.05, 0.1) is 30.0 Å². The van der Waals surface area contributed by atoms with Crippen molar-refractivity contribution in [3.05, 3.63) is 88.7 Å². The highest BCUT2D eigenvalue weighted by Crippen LogP contribution is 2.28. The van der Waals surface area contributed by atoms with E-state index in [2.05, 4.69) is 10.2 Å². The first kappa shape index (κ1) is 19.3. The maximum absolute atomic E-state index is 13.2. The van der Waals surface area contributed by atoms with Crippen LogP contribution in [0.1, 0.15) is 5.69 Å². The summed E-state index contributed by atoms with van der Waals surface area (Å²) in [6, 6.07) is 23.5. The second kappa shape index (κ2) is 8.24. The Morgan fingerprint density at radius 3 is 2.32 bits per heavy atom. The smallest absolute Gasteiger partial charge is 0.193 e. The molecule has 0 spiro atoms. The number of anilines is 3. The third kappa shape index (κ3) is 3.78. The summed E-state index contributed by atoms with van der Waals surface area (Å²) in [4.78, 5) is 20.4. The average Bonchev–Trinajstić information content (AvgIpc) is 2.81. The lowest BCUT2D eigenvalue weighted by Crippen LogP contribution is -2.36. The van der Waals surface area contributed by atoms with Gasteiger partial charge in [0, 0.05) is 30.5 Å². The van der Waals surface area contributed by atoms with Crippen molar-refractivity contribution >= 4 is 28.2 Å². The van der Waals surface area contributed by atoms with Crippen LogP contribution in [-0.2, 0) is 4.74 Å². The van der Waals surface area contributed by atoms with Gasteiger partial charge in [-0.1, -0.05) is 36.4 Å². The van der Waals surface area contributed by atoms with Crippen molar-refractivity contribution in [1.82, 2.24) is 9.55 Å². The third-order valence-electron chi connectivity index (χ3n) is 5.56. The number of pyridine rings is 2. The maximum atomic E-state index is 13.2. The number of fused-ring (bicyclic) bond motifs is 1.